The number of alkyl halides is 6. The van der Waals surface area contributed by atoms with E-state index in [1.54, 1.807) is 5.32 Å². The zero-order chi connectivity index (χ0) is 21.3. The molecule has 0 saturated carbocycles. The summed E-state index contributed by atoms with van der Waals surface area (Å²) in [6.45, 7) is 0. The molecule has 1 amide bonds. The number of benzene rings is 1. The van der Waals surface area contributed by atoms with Crippen LogP contribution in [0, 0.1) is 0 Å². The van der Waals surface area contributed by atoms with Gasteiger partial charge in [-0.2, -0.15) is 26.3 Å². The molecule has 0 saturated heterocycles. The molecule has 0 aliphatic carbocycles. The Kier molecular flexibility index (Phi) is 5.71. The predicted molar refractivity (Wildman–Crippen MR) is 86.9 cm³/mol. The molecule has 2 aromatic rings. The molecule has 1 atom stereocenters. The van der Waals surface area contributed by atoms with E-state index in [0.29, 0.717) is 30.3 Å². The minimum Gasteiger partial charge on any atom is -0.348 e. The highest BCUT2D eigenvalue weighted by Gasteiger charge is 2.42. The van der Waals surface area contributed by atoms with Gasteiger partial charge in [0.2, 0.25) is 5.95 Å². The van der Waals surface area contributed by atoms with E-state index in [1.807, 2.05) is 0 Å². The Morgan fingerprint density at radius 1 is 1.11 bits per heavy atom. The highest BCUT2D eigenvalue weighted by molar-refractivity contribution is 5.92. The number of hydrogen-bond acceptors (Lipinski definition) is 4. The number of halogens is 6. The Morgan fingerprint density at radius 2 is 1.68 bits per heavy atom. The van der Waals surface area contributed by atoms with Gasteiger partial charge in [-0.1, -0.05) is 12.1 Å². The number of rotatable bonds is 4. The normalized spacial score (nSPS) is 13.1. The average molecular weight is 408 g/mol. The number of aromatic amines is 1. The van der Waals surface area contributed by atoms with E-state index in [-0.39, 0.29) is 5.95 Å². The fourth-order valence-electron chi connectivity index (χ4n) is 2.20. The quantitative estimate of drug-likeness (QED) is 0.763. The van der Waals surface area contributed by atoms with E-state index >= 15 is 0 Å². The van der Waals surface area contributed by atoms with Crippen molar-refractivity contribution in [2.75, 3.05) is 19.0 Å². The van der Waals surface area contributed by atoms with Crippen molar-refractivity contribution in [1.82, 2.24) is 15.3 Å². The van der Waals surface area contributed by atoms with E-state index in [2.05, 4.69) is 9.97 Å². The van der Waals surface area contributed by atoms with Gasteiger partial charge in [0.05, 0.1) is 5.56 Å². The number of carbonyl (C=O) groups excluding carboxylic acids is 1. The molecule has 1 heterocycles. The maximum absolute atomic E-state index is 13.4. The zero-order valence-corrected chi connectivity index (χ0v) is 14.4. The van der Waals surface area contributed by atoms with Crippen molar-refractivity contribution >= 4 is 11.9 Å². The molecule has 12 heteroatoms. The molecule has 0 fully saturated rings. The summed E-state index contributed by atoms with van der Waals surface area (Å²) < 4.78 is 77.9. The lowest BCUT2D eigenvalue weighted by atomic mass is 10.0. The van der Waals surface area contributed by atoms with Gasteiger partial charge in [-0.25, -0.2) is 4.98 Å². The van der Waals surface area contributed by atoms with Crippen LogP contribution in [0.1, 0.15) is 27.7 Å². The predicted octanol–water partition coefficient (Wildman–Crippen LogP) is 2.89. The summed E-state index contributed by atoms with van der Waals surface area (Å²) in [5.41, 5.74) is -3.07. The summed E-state index contributed by atoms with van der Waals surface area (Å²) in [6.07, 6.45) is -9.71. The van der Waals surface area contributed by atoms with Crippen LogP contribution in [0.5, 0.6) is 0 Å². The monoisotopic (exact) mass is 408 g/mol. The van der Waals surface area contributed by atoms with E-state index in [9.17, 15) is 35.9 Å². The lowest BCUT2D eigenvalue weighted by Crippen LogP contribution is -2.39. The van der Waals surface area contributed by atoms with Crippen molar-refractivity contribution in [1.29, 1.82) is 0 Å². The van der Waals surface area contributed by atoms with Crippen molar-refractivity contribution in [2.24, 2.45) is 0 Å². The van der Waals surface area contributed by atoms with Crippen molar-refractivity contribution in [3.63, 3.8) is 0 Å². The van der Waals surface area contributed by atoms with Gasteiger partial charge in [0, 0.05) is 20.2 Å². The number of aromatic nitrogens is 2. The van der Waals surface area contributed by atoms with E-state index < -0.39 is 46.7 Å². The summed E-state index contributed by atoms with van der Waals surface area (Å²) in [5.74, 6) is -1.37. The van der Waals surface area contributed by atoms with Crippen LogP contribution in [0.4, 0.5) is 32.3 Å². The number of anilines is 1. The number of carbonyl (C=O) groups is 1. The van der Waals surface area contributed by atoms with Gasteiger partial charge in [-0.15, -0.1) is 0 Å². The summed E-state index contributed by atoms with van der Waals surface area (Å²) in [6, 6.07) is 0.329. The second-order valence-electron chi connectivity index (χ2n) is 5.92. The number of hydrogen-bond donors (Lipinski definition) is 2. The molecule has 0 radical (unpaired) electrons. The fourth-order valence-corrected chi connectivity index (χ4v) is 2.20. The van der Waals surface area contributed by atoms with E-state index in [0.717, 1.165) is 0 Å². The number of amides is 1. The van der Waals surface area contributed by atoms with Crippen molar-refractivity contribution in [2.45, 2.75) is 18.4 Å². The van der Waals surface area contributed by atoms with Gasteiger partial charge in [0.15, 0.2) is 6.04 Å². The minimum atomic E-state index is -5.00. The highest BCUT2D eigenvalue weighted by atomic mass is 19.4. The van der Waals surface area contributed by atoms with Gasteiger partial charge in [0.1, 0.15) is 5.69 Å². The molecule has 2 rings (SSSR count). The molecule has 0 spiro atoms. The lowest BCUT2D eigenvalue weighted by Gasteiger charge is -2.22. The van der Waals surface area contributed by atoms with Crippen LogP contribution in [-0.4, -0.2) is 36.1 Å². The zero-order valence-electron chi connectivity index (χ0n) is 14.4. The standard InChI is InChI=1S/C16H14F6N4O2/c1-26(2)14-23-10(7-11(27)24-14)13(28)25-12(16(20,21)22)8-3-5-9(6-4-8)15(17,18)19/h3-7,12H,1-2H3,(H,25,28)(H,23,24,27). The van der Waals surface area contributed by atoms with Crippen LogP contribution in [0.15, 0.2) is 35.1 Å². The third-order valence-corrected chi connectivity index (χ3v) is 3.56. The molecule has 28 heavy (non-hydrogen) atoms. The van der Waals surface area contributed by atoms with Gasteiger partial charge in [0.25, 0.3) is 11.5 Å². The van der Waals surface area contributed by atoms with Gasteiger partial charge in [-0.3, -0.25) is 14.6 Å². The molecule has 1 unspecified atom stereocenters. The van der Waals surface area contributed by atoms with Gasteiger partial charge < -0.3 is 10.2 Å². The lowest BCUT2D eigenvalue weighted by molar-refractivity contribution is -0.155. The minimum absolute atomic E-state index is 0.0595. The Balaban J connectivity index is 2.36. The van der Waals surface area contributed by atoms with E-state index in [4.69, 9.17) is 0 Å². The van der Waals surface area contributed by atoms with Crippen molar-refractivity contribution < 1.29 is 31.1 Å². The Hall–Kier alpha value is -3.05. The Bertz CT molecular complexity index is 903. The SMILES string of the molecule is CN(C)c1nc(C(=O)NC(c2ccc(C(F)(F)F)cc2)C(F)(F)F)cc(=O)[nH]1. The molecular formula is C16H14F6N4O2. The van der Waals surface area contributed by atoms with Crippen LogP contribution in [-0.2, 0) is 6.18 Å². The maximum atomic E-state index is 13.4. The first-order valence-electron chi connectivity index (χ1n) is 7.62. The Morgan fingerprint density at radius 3 is 2.14 bits per heavy atom. The summed E-state index contributed by atoms with van der Waals surface area (Å²) in [5, 5.41) is 1.66. The first-order valence-corrected chi connectivity index (χ1v) is 7.62. The molecule has 2 N–H and O–H groups in total. The second-order valence-corrected chi connectivity index (χ2v) is 5.92. The van der Waals surface area contributed by atoms with E-state index in [1.165, 1.54) is 19.0 Å². The van der Waals surface area contributed by atoms with Crippen LogP contribution < -0.4 is 15.8 Å². The number of nitrogens with one attached hydrogen (secondary N) is 2. The van der Waals surface area contributed by atoms with Crippen molar-refractivity contribution in [3.8, 4) is 0 Å². The largest absolute Gasteiger partial charge is 0.416 e. The molecule has 0 aliphatic heterocycles. The van der Waals surface area contributed by atoms with Crippen LogP contribution in [0.25, 0.3) is 0 Å². The first kappa shape index (κ1) is 21.3. The average Bonchev–Trinajstić information content (AvgIpc) is 2.57. The molecule has 6 nitrogen and oxygen atoms in total. The third kappa shape index (κ3) is 5.02. The second kappa shape index (κ2) is 7.52. The van der Waals surface area contributed by atoms with Crippen LogP contribution in [0.3, 0.4) is 0 Å². The summed E-state index contributed by atoms with van der Waals surface area (Å²) in [4.78, 5) is 31.1. The topological polar surface area (TPSA) is 78.1 Å². The summed E-state index contributed by atoms with van der Waals surface area (Å²) >= 11 is 0. The van der Waals surface area contributed by atoms with Gasteiger partial charge >= 0.3 is 12.4 Å². The van der Waals surface area contributed by atoms with Crippen LogP contribution in [0.2, 0.25) is 0 Å². The van der Waals surface area contributed by atoms with Gasteiger partial charge in [-0.05, 0) is 17.7 Å². The smallest absolute Gasteiger partial charge is 0.348 e. The summed E-state index contributed by atoms with van der Waals surface area (Å²) in [7, 11) is 2.97. The number of H-pyrrole nitrogens is 1. The molecular weight excluding hydrogens is 394 g/mol. The molecule has 0 aliphatic rings. The highest BCUT2D eigenvalue weighted by Crippen LogP contribution is 2.35. The maximum Gasteiger partial charge on any atom is 0.416 e. The fraction of sp³-hybridized carbons (Fsp3) is 0.312. The number of nitrogens with zero attached hydrogens (tertiary/aromatic N) is 2. The molecule has 1 aromatic heterocycles. The molecule has 1 aromatic carbocycles. The third-order valence-electron chi connectivity index (χ3n) is 3.56. The van der Waals surface area contributed by atoms with Crippen LogP contribution >= 0.6 is 0 Å². The first-order chi connectivity index (χ1) is 12.8. The molecule has 0 bridgehead atoms. The molecule has 152 valence electrons. The Labute approximate surface area is 154 Å². The van der Waals surface area contributed by atoms with Crippen molar-refractivity contribution in [3.05, 3.63) is 57.5 Å².